The van der Waals surface area contributed by atoms with Crippen LogP contribution in [0.5, 0.6) is 17.2 Å². The van der Waals surface area contributed by atoms with Crippen LogP contribution in [0.1, 0.15) is 6.92 Å². The number of hydrogen-bond acceptors (Lipinski definition) is 4. The van der Waals surface area contributed by atoms with Gasteiger partial charge in [-0.1, -0.05) is 18.2 Å². The third kappa shape index (κ3) is 5.31. The van der Waals surface area contributed by atoms with E-state index in [0.29, 0.717) is 17.5 Å². The second-order valence-corrected chi connectivity index (χ2v) is 5.60. The molecular formula is C18H22N2O3S. The van der Waals surface area contributed by atoms with Crippen molar-refractivity contribution >= 4 is 23.0 Å². The van der Waals surface area contributed by atoms with Crippen LogP contribution in [0.15, 0.2) is 48.5 Å². The number of para-hydroxylation sites is 1. The van der Waals surface area contributed by atoms with Gasteiger partial charge in [-0.25, -0.2) is 0 Å². The summed E-state index contributed by atoms with van der Waals surface area (Å²) in [7, 11) is 3.22. The van der Waals surface area contributed by atoms with Gasteiger partial charge in [-0.3, -0.25) is 0 Å². The zero-order valence-electron chi connectivity index (χ0n) is 14.0. The third-order valence-electron chi connectivity index (χ3n) is 3.28. The molecular weight excluding hydrogens is 324 g/mol. The third-order valence-corrected chi connectivity index (χ3v) is 3.50. The summed E-state index contributed by atoms with van der Waals surface area (Å²) in [4.78, 5) is 0. The molecule has 0 unspecified atom stereocenters. The first-order valence-corrected chi connectivity index (χ1v) is 8.00. The summed E-state index contributed by atoms with van der Waals surface area (Å²) in [5.74, 6) is 2.22. The average molecular weight is 346 g/mol. The van der Waals surface area contributed by atoms with E-state index in [2.05, 4.69) is 10.6 Å². The Morgan fingerprint density at radius 1 is 1.04 bits per heavy atom. The topological polar surface area (TPSA) is 51.8 Å². The van der Waals surface area contributed by atoms with Crippen LogP contribution in [0.4, 0.5) is 5.69 Å². The van der Waals surface area contributed by atoms with Gasteiger partial charge >= 0.3 is 0 Å². The van der Waals surface area contributed by atoms with Crippen molar-refractivity contribution in [2.45, 2.75) is 13.0 Å². The molecule has 0 aromatic heterocycles. The molecule has 1 atom stereocenters. The summed E-state index contributed by atoms with van der Waals surface area (Å²) < 4.78 is 16.2. The van der Waals surface area contributed by atoms with Crippen molar-refractivity contribution in [2.75, 3.05) is 26.1 Å². The Balaban J connectivity index is 1.86. The van der Waals surface area contributed by atoms with Gasteiger partial charge in [0, 0.05) is 6.07 Å². The summed E-state index contributed by atoms with van der Waals surface area (Å²) in [6, 6.07) is 15.2. The van der Waals surface area contributed by atoms with E-state index in [0.717, 1.165) is 17.2 Å². The van der Waals surface area contributed by atoms with Gasteiger partial charge in [0.15, 0.2) is 5.11 Å². The molecule has 0 radical (unpaired) electrons. The predicted molar refractivity (Wildman–Crippen MR) is 100 cm³/mol. The predicted octanol–water partition coefficient (Wildman–Crippen LogP) is 3.46. The quantitative estimate of drug-likeness (QED) is 0.749. The van der Waals surface area contributed by atoms with Gasteiger partial charge in [-0.2, -0.15) is 0 Å². The van der Waals surface area contributed by atoms with Gasteiger partial charge in [-0.15, -0.1) is 0 Å². The molecule has 2 rings (SSSR count). The molecule has 0 saturated carbocycles. The van der Waals surface area contributed by atoms with E-state index in [9.17, 15) is 0 Å². The summed E-state index contributed by atoms with van der Waals surface area (Å²) in [5.41, 5.74) is 0.770. The van der Waals surface area contributed by atoms with Crippen LogP contribution in [-0.2, 0) is 0 Å². The van der Waals surface area contributed by atoms with Gasteiger partial charge in [0.1, 0.15) is 23.9 Å². The average Bonchev–Trinajstić information content (AvgIpc) is 2.61. The van der Waals surface area contributed by atoms with E-state index in [1.54, 1.807) is 20.3 Å². The maximum absolute atomic E-state index is 5.70. The summed E-state index contributed by atoms with van der Waals surface area (Å²) in [5, 5.41) is 6.82. The molecule has 0 amide bonds. The van der Waals surface area contributed by atoms with Crippen LogP contribution < -0.4 is 24.8 Å². The molecule has 0 fully saturated rings. The first kappa shape index (κ1) is 17.9. The second-order valence-electron chi connectivity index (χ2n) is 5.19. The van der Waals surface area contributed by atoms with Gasteiger partial charge in [0.2, 0.25) is 0 Å². The molecule has 0 heterocycles. The molecule has 2 aromatic rings. The van der Waals surface area contributed by atoms with Crippen molar-refractivity contribution in [2.24, 2.45) is 0 Å². The minimum absolute atomic E-state index is 0.0504. The van der Waals surface area contributed by atoms with Crippen LogP contribution >= 0.6 is 12.2 Å². The minimum atomic E-state index is 0.0504. The number of ether oxygens (including phenoxy) is 3. The Hall–Kier alpha value is -2.47. The lowest BCUT2D eigenvalue weighted by molar-refractivity contribution is 0.287. The van der Waals surface area contributed by atoms with E-state index in [-0.39, 0.29) is 6.04 Å². The van der Waals surface area contributed by atoms with Crippen LogP contribution in [0, 0.1) is 0 Å². The van der Waals surface area contributed by atoms with E-state index in [1.807, 2.05) is 49.4 Å². The SMILES string of the molecule is COc1ccc(NC(=S)N[C@H](C)COc2ccccc2)c(OC)c1. The largest absolute Gasteiger partial charge is 0.497 e. The number of anilines is 1. The van der Waals surface area contributed by atoms with E-state index < -0.39 is 0 Å². The fourth-order valence-corrected chi connectivity index (χ4v) is 2.37. The van der Waals surface area contributed by atoms with E-state index in [4.69, 9.17) is 26.4 Å². The van der Waals surface area contributed by atoms with Crippen molar-refractivity contribution in [3.63, 3.8) is 0 Å². The highest BCUT2D eigenvalue weighted by atomic mass is 32.1. The van der Waals surface area contributed by atoms with Crippen molar-refractivity contribution in [3.8, 4) is 17.2 Å². The summed E-state index contributed by atoms with van der Waals surface area (Å²) >= 11 is 5.35. The lowest BCUT2D eigenvalue weighted by Crippen LogP contribution is -2.39. The lowest BCUT2D eigenvalue weighted by atomic mass is 10.2. The zero-order valence-corrected chi connectivity index (χ0v) is 14.9. The van der Waals surface area contributed by atoms with Crippen molar-refractivity contribution in [1.82, 2.24) is 5.32 Å². The monoisotopic (exact) mass is 346 g/mol. The number of thiocarbonyl (C=S) groups is 1. The molecule has 0 aliphatic carbocycles. The Bertz CT molecular complexity index is 665. The van der Waals surface area contributed by atoms with Crippen molar-refractivity contribution < 1.29 is 14.2 Å². The molecule has 0 spiro atoms. The molecule has 24 heavy (non-hydrogen) atoms. The summed E-state index contributed by atoms with van der Waals surface area (Å²) in [6.07, 6.45) is 0. The van der Waals surface area contributed by atoms with Crippen LogP contribution in [-0.4, -0.2) is 32.0 Å². The molecule has 128 valence electrons. The maximum atomic E-state index is 5.70. The highest BCUT2D eigenvalue weighted by molar-refractivity contribution is 7.80. The molecule has 2 N–H and O–H groups in total. The van der Waals surface area contributed by atoms with Crippen LogP contribution in [0.25, 0.3) is 0 Å². The molecule has 0 aliphatic heterocycles. The van der Waals surface area contributed by atoms with E-state index in [1.165, 1.54) is 0 Å². The summed E-state index contributed by atoms with van der Waals surface area (Å²) in [6.45, 7) is 2.51. The Morgan fingerprint density at radius 3 is 2.46 bits per heavy atom. The highest BCUT2D eigenvalue weighted by Crippen LogP contribution is 2.28. The Morgan fingerprint density at radius 2 is 1.79 bits per heavy atom. The normalized spacial score (nSPS) is 11.3. The zero-order chi connectivity index (χ0) is 17.4. The van der Waals surface area contributed by atoms with Crippen molar-refractivity contribution in [3.05, 3.63) is 48.5 Å². The van der Waals surface area contributed by atoms with Crippen molar-refractivity contribution in [1.29, 1.82) is 0 Å². The molecule has 0 aliphatic rings. The number of nitrogens with one attached hydrogen (secondary N) is 2. The highest BCUT2D eigenvalue weighted by Gasteiger charge is 2.09. The molecule has 0 bridgehead atoms. The number of methoxy groups -OCH3 is 2. The van der Waals surface area contributed by atoms with Gasteiger partial charge in [0.05, 0.1) is 25.9 Å². The first-order valence-electron chi connectivity index (χ1n) is 7.59. The number of rotatable bonds is 7. The molecule has 2 aromatic carbocycles. The molecule has 6 heteroatoms. The van der Waals surface area contributed by atoms with Gasteiger partial charge in [-0.05, 0) is 43.4 Å². The Labute approximate surface area is 147 Å². The maximum Gasteiger partial charge on any atom is 0.171 e. The van der Waals surface area contributed by atoms with Crippen LogP contribution in [0.3, 0.4) is 0 Å². The first-order chi connectivity index (χ1) is 11.6. The fraction of sp³-hybridized carbons (Fsp3) is 0.278. The smallest absolute Gasteiger partial charge is 0.171 e. The fourth-order valence-electron chi connectivity index (χ4n) is 2.06. The standard InChI is InChI=1S/C18H22N2O3S/c1-13(12-23-14-7-5-4-6-8-14)19-18(24)20-16-10-9-15(21-2)11-17(16)22-3/h4-11,13H,12H2,1-3H3,(H2,19,20,24)/t13-/m1/s1. The lowest BCUT2D eigenvalue weighted by Gasteiger charge is -2.19. The number of benzene rings is 2. The van der Waals surface area contributed by atoms with Gasteiger partial charge < -0.3 is 24.8 Å². The van der Waals surface area contributed by atoms with E-state index >= 15 is 0 Å². The number of hydrogen-bond donors (Lipinski definition) is 2. The van der Waals surface area contributed by atoms with Gasteiger partial charge in [0.25, 0.3) is 0 Å². The van der Waals surface area contributed by atoms with Crippen LogP contribution in [0.2, 0.25) is 0 Å². The molecule has 5 nitrogen and oxygen atoms in total. The minimum Gasteiger partial charge on any atom is -0.497 e. The second kappa shape index (κ2) is 8.98. The Kier molecular flexibility index (Phi) is 6.69. The molecule has 0 saturated heterocycles.